The zero-order valence-electron chi connectivity index (χ0n) is 9.88. The molecule has 2 unspecified atom stereocenters. The SMILES string of the molecule is CCCC(N)C(C)O[Si](CC)OCC. The molecule has 0 rings (SSSR count). The molecule has 0 spiro atoms. The summed E-state index contributed by atoms with van der Waals surface area (Å²) in [4.78, 5) is 0. The van der Waals surface area contributed by atoms with Gasteiger partial charge in [-0.05, 0) is 26.3 Å². The Balaban J connectivity index is 3.81. The van der Waals surface area contributed by atoms with Crippen LogP contribution in [-0.4, -0.2) is 28.0 Å². The van der Waals surface area contributed by atoms with Gasteiger partial charge < -0.3 is 14.6 Å². The Morgan fingerprint density at radius 3 is 2.36 bits per heavy atom. The topological polar surface area (TPSA) is 44.5 Å². The molecule has 0 aliphatic carbocycles. The van der Waals surface area contributed by atoms with Crippen molar-refractivity contribution in [3.63, 3.8) is 0 Å². The summed E-state index contributed by atoms with van der Waals surface area (Å²) in [7, 11) is -1.08. The maximum Gasteiger partial charge on any atom is 0.384 e. The Morgan fingerprint density at radius 1 is 1.29 bits per heavy atom. The number of nitrogens with two attached hydrogens (primary N) is 1. The number of rotatable bonds is 8. The lowest BCUT2D eigenvalue weighted by atomic mass is 10.1. The van der Waals surface area contributed by atoms with Crippen molar-refractivity contribution in [1.29, 1.82) is 0 Å². The van der Waals surface area contributed by atoms with Crippen molar-refractivity contribution < 1.29 is 8.85 Å². The molecule has 2 atom stereocenters. The molecule has 0 aliphatic rings. The van der Waals surface area contributed by atoms with Crippen LogP contribution < -0.4 is 5.73 Å². The van der Waals surface area contributed by atoms with Gasteiger partial charge in [-0.1, -0.05) is 20.3 Å². The van der Waals surface area contributed by atoms with Crippen LogP contribution in [0.2, 0.25) is 6.04 Å². The Hall–Kier alpha value is 0.0969. The molecule has 0 amide bonds. The molecule has 0 fully saturated rings. The third kappa shape index (κ3) is 5.75. The summed E-state index contributed by atoms with van der Waals surface area (Å²) in [5.41, 5.74) is 5.96. The molecule has 0 aromatic carbocycles. The molecule has 0 saturated heterocycles. The van der Waals surface area contributed by atoms with Crippen molar-refractivity contribution in [3.8, 4) is 0 Å². The van der Waals surface area contributed by atoms with Gasteiger partial charge in [-0.2, -0.15) is 0 Å². The van der Waals surface area contributed by atoms with Gasteiger partial charge in [0.15, 0.2) is 0 Å². The van der Waals surface area contributed by atoms with E-state index in [0.29, 0.717) is 0 Å². The van der Waals surface area contributed by atoms with Crippen molar-refractivity contribution in [3.05, 3.63) is 0 Å². The molecule has 85 valence electrons. The summed E-state index contributed by atoms with van der Waals surface area (Å²) >= 11 is 0. The predicted molar refractivity (Wildman–Crippen MR) is 61.3 cm³/mol. The lowest BCUT2D eigenvalue weighted by Gasteiger charge is -2.23. The van der Waals surface area contributed by atoms with Gasteiger partial charge in [0, 0.05) is 12.6 Å². The largest absolute Gasteiger partial charge is 0.394 e. The van der Waals surface area contributed by atoms with E-state index < -0.39 is 9.28 Å². The van der Waals surface area contributed by atoms with Gasteiger partial charge in [0.25, 0.3) is 0 Å². The Morgan fingerprint density at radius 2 is 1.93 bits per heavy atom. The van der Waals surface area contributed by atoms with E-state index in [9.17, 15) is 0 Å². The highest BCUT2D eigenvalue weighted by Gasteiger charge is 2.20. The zero-order valence-corrected chi connectivity index (χ0v) is 10.9. The second-order valence-electron chi connectivity index (χ2n) is 3.43. The molecule has 0 heterocycles. The first-order valence-electron chi connectivity index (χ1n) is 5.56. The lowest BCUT2D eigenvalue weighted by Crippen LogP contribution is -2.39. The molecule has 2 N–H and O–H groups in total. The fourth-order valence-corrected chi connectivity index (χ4v) is 2.59. The van der Waals surface area contributed by atoms with E-state index >= 15 is 0 Å². The second-order valence-corrected chi connectivity index (χ2v) is 5.41. The number of hydrogen-bond donors (Lipinski definition) is 1. The first-order chi connectivity index (χ1) is 6.65. The summed E-state index contributed by atoms with van der Waals surface area (Å²) in [5, 5.41) is 0. The third-order valence-corrected chi connectivity index (χ3v) is 3.96. The van der Waals surface area contributed by atoms with Crippen LogP contribution in [0.25, 0.3) is 0 Å². The molecular formula is C10H24NO2Si. The molecule has 1 radical (unpaired) electrons. The monoisotopic (exact) mass is 218 g/mol. The van der Waals surface area contributed by atoms with Gasteiger partial charge in [-0.3, -0.25) is 0 Å². The highest BCUT2D eigenvalue weighted by atomic mass is 28.3. The van der Waals surface area contributed by atoms with Crippen LogP contribution in [-0.2, 0) is 8.85 Å². The van der Waals surface area contributed by atoms with Gasteiger partial charge in [0.2, 0.25) is 0 Å². The Bertz CT molecular complexity index is 135. The standard InChI is InChI=1S/C10H24NO2Si/c1-5-8-10(11)9(4)13-14(7-3)12-6-2/h9-10H,5-8,11H2,1-4H3. The van der Waals surface area contributed by atoms with Crippen LogP contribution in [0.1, 0.15) is 40.5 Å². The summed E-state index contributed by atoms with van der Waals surface area (Å²) in [6, 6.07) is 1.12. The highest BCUT2D eigenvalue weighted by Crippen LogP contribution is 2.07. The van der Waals surface area contributed by atoms with Gasteiger partial charge in [0.05, 0.1) is 6.10 Å². The van der Waals surface area contributed by atoms with Crippen LogP contribution in [0.4, 0.5) is 0 Å². The highest BCUT2D eigenvalue weighted by molar-refractivity contribution is 6.44. The van der Waals surface area contributed by atoms with E-state index in [0.717, 1.165) is 25.5 Å². The van der Waals surface area contributed by atoms with Gasteiger partial charge in [-0.15, -0.1) is 0 Å². The van der Waals surface area contributed by atoms with Gasteiger partial charge >= 0.3 is 9.28 Å². The smallest absolute Gasteiger partial charge is 0.384 e. The summed E-state index contributed by atoms with van der Waals surface area (Å²) in [5.74, 6) is 0. The number of hydrogen-bond acceptors (Lipinski definition) is 3. The van der Waals surface area contributed by atoms with E-state index in [2.05, 4.69) is 13.8 Å². The Kier molecular flexibility index (Phi) is 8.47. The van der Waals surface area contributed by atoms with Crippen molar-refractivity contribution in [2.24, 2.45) is 5.73 Å². The van der Waals surface area contributed by atoms with Crippen molar-refractivity contribution in [2.75, 3.05) is 6.61 Å². The van der Waals surface area contributed by atoms with E-state index in [-0.39, 0.29) is 12.1 Å². The van der Waals surface area contributed by atoms with E-state index in [1.807, 2.05) is 13.8 Å². The third-order valence-electron chi connectivity index (χ3n) is 2.14. The van der Waals surface area contributed by atoms with Crippen LogP contribution in [0.3, 0.4) is 0 Å². The molecule has 0 aromatic rings. The lowest BCUT2D eigenvalue weighted by molar-refractivity contribution is 0.129. The minimum Gasteiger partial charge on any atom is -0.394 e. The van der Waals surface area contributed by atoms with E-state index in [1.54, 1.807) is 0 Å². The molecule has 4 heteroatoms. The zero-order chi connectivity index (χ0) is 11.0. The van der Waals surface area contributed by atoms with E-state index in [4.69, 9.17) is 14.6 Å². The van der Waals surface area contributed by atoms with Gasteiger partial charge in [-0.25, -0.2) is 0 Å². The maximum atomic E-state index is 5.96. The van der Waals surface area contributed by atoms with E-state index in [1.165, 1.54) is 0 Å². The first kappa shape index (κ1) is 14.1. The molecule has 0 bridgehead atoms. The fraction of sp³-hybridized carbons (Fsp3) is 1.00. The quantitative estimate of drug-likeness (QED) is 0.634. The summed E-state index contributed by atoms with van der Waals surface area (Å²) in [6.45, 7) is 9.01. The maximum absolute atomic E-state index is 5.96. The predicted octanol–water partition coefficient (Wildman–Crippen LogP) is 2.06. The van der Waals surface area contributed by atoms with Crippen LogP contribution in [0.15, 0.2) is 0 Å². The summed E-state index contributed by atoms with van der Waals surface area (Å²) < 4.78 is 11.3. The average molecular weight is 218 g/mol. The molecule has 3 nitrogen and oxygen atoms in total. The molecule has 14 heavy (non-hydrogen) atoms. The normalized spacial score (nSPS) is 15.9. The fourth-order valence-electron chi connectivity index (χ4n) is 1.24. The van der Waals surface area contributed by atoms with Crippen LogP contribution in [0, 0.1) is 0 Å². The van der Waals surface area contributed by atoms with Crippen LogP contribution >= 0.6 is 0 Å². The average Bonchev–Trinajstić information content (AvgIpc) is 2.17. The van der Waals surface area contributed by atoms with Gasteiger partial charge in [0.1, 0.15) is 0 Å². The minimum atomic E-state index is -1.08. The Labute approximate surface area is 89.8 Å². The van der Waals surface area contributed by atoms with Crippen molar-refractivity contribution in [1.82, 2.24) is 0 Å². The summed E-state index contributed by atoms with van der Waals surface area (Å²) in [6.07, 6.45) is 2.25. The second kappa shape index (κ2) is 8.41. The van der Waals surface area contributed by atoms with Crippen molar-refractivity contribution >= 4 is 9.28 Å². The van der Waals surface area contributed by atoms with Crippen molar-refractivity contribution in [2.45, 2.75) is 58.7 Å². The van der Waals surface area contributed by atoms with Crippen LogP contribution in [0.5, 0.6) is 0 Å². The molecule has 0 saturated carbocycles. The minimum absolute atomic E-state index is 0.121. The molecular weight excluding hydrogens is 194 g/mol. The molecule has 0 aliphatic heterocycles. The first-order valence-corrected chi connectivity index (χ1v) is 7.08. The molecule has 0 aromatic heterocycles.